The van der Waals surface area contributed by atoms with Gasteiger partial charge in [0.15, 0.2) is 4.75 Å². The molecule has 10 heteroatoms. The molecule has 3 N–H and O–H groups in total. The van der Waals surface area contributed by atoms with Crippen LogP contribution in [0.1, 0.15) is 16.7 Å². The third kappa shape index (κ3) is 3.77. The van der Waals surface area contributed by atoms with Crippen molar-refractivity contribution < 1.29 is 23.2 Å². The average Bonchev–Trinajstić information content (AvgIpc) is 2.60. The first-order chi connectivity index (χ1) is 13.5. The SMILES string of the molecule is O=S(=O)(O)C(c1ccc(Cl)cc1)(c1cc(Cl)ccc1Cl)c1c(O)cc(O)cc1Cl. The minimum atomic E-state index is -5.11. The third-order valence-electron chi connectivity index (χ3n) is 4.35. The maximum Gasteiger partial charge on any atom is 0.283 e. The van der Waals surface area contributed by atoms with E-state index in [2.05, 4.69) is 0 Å². The van der Waals surface area contributed by atoms with Crippen molar-refractivity contribution in [2.75, 3.05) is 0 Å². The van der Waals surface area contributed by atoms with Gasteiger partial charge in [-0.05, 0) is 42.0 Å². The molecule has 1 atom stereocenters. The molecular formula is C19H12Cl4O5S. The van der Waals surface area contributed by atoms with Crippen molar-refractivity contribution in [3.63, 3.8) is 0 Å². The van der Waals surface area contributed by atoms with Crippen LogP contribution in [-0.2, 0) is 14.9 Å². The van der Waals surface area contributed by atoms with Crippen molar-refractivity contribution in [2.45, 2.75) is 4.75 Å². The summed E-state index contributed by atoms with van der Waals surface area (Å²) in [7, 11) is -5.11. The van der Waals surface area contributed by atoms with Gasteiger partial charge in [0.1, 0.15) is 11.5 Å². The van der Waals surface area contributed by atoms with E-state index in [-0.39, 0.29) is 26.2 Å². The van der Waals surface area contributed by atoms with Crippen LogP contribution < -0.4 is 0 Å². The number of phenolic OH excluding ortho intramolecular Hbond substituents is 2. The van der Waals surface area contributed by atoms with Crippen LogP contribution in [0.3, 0.4) is 0 Å². The summed E-state index contributed by atoms with van der Waals surface area (Å²) in [4.78, 5) is 0. The highest BCUT2D eigenvalue weighted by Crippen LogP contribution is 2.52. The first-order valence-corrected chi connectivity index (χ1v) is 10.8. The van der Waals surface area contributed by atoms with E-state index in [1.807, 2.05) is 0 Å². The van der Waals surface area contributed by atoms with E-state index in [9.17, 15) is 23.2 Å². The first-order valence-electron chi connectivity index (χ1n) is 7.89. The monoisotopic (exact) mass is 492 g/mol. The van der Waals surface area contributed by atoms with E-state index in [0.717, 1.165) is 12.1 Å². The second kappa shape index (κ2) is 7.87. The van der Waals surface area contributed by atoms with Crippen molar-refractivity contribution in [3.05, 3.63) is 91.4 Å². The topological polar surface area (TPSA) is 94.8 Å². The summed E-state index contributed by atoms with van der Waals surface area (Å²) in [5.41, 5.74) is -0.582. The molecule has 0 radical (unpaired) electrons. The number of aromatic hydroxyl groups is 2. The van der Waals surface area contributed by atoms with Gasteiger partial charge in [-0.2, -0.15) is 8.42 Å². The first kappa shape index (κ1) is 22.0. The molecule has 0 aromatic heterocycles. The highest BCUT2D eigenvalue weighted by Gasteiger charge is 2.52. The van der Waals surface area contributed by atoms with Crippen molar-refractivity contribution in [1.29, 1.82) is 0 Å². The minimum absolute atomic E-state index is 0.0172. The number of hydrogen-bond acceptors (Lipinski definition) is 4. The lowest BCUT2D eigenvalue weighted by atomic mass is 9.83. The summed E-state index contributed by atoms with van der Waals surface area (Å²) in [6.45, 7) is 0. The van der Waals surface area contributed by atoms with Crippen molar-refractivity contribution >= 4 is 56.5 Å². The Morgan fingerprint density at radius 2 is 1.34 bits per heavy atom. The fourth-order valence-electron chi connectivity index (χ4n) is 3.23. The Morgan fingerprint density at radius 3 is 1.90 bits per heavy atom. The summed E-state index contributed by atoms with van der Waals surface area (Å²) in [5, 5.41) is 20.4. The molecule has 0 saturated carbocycles. The van der Waals surface area contributed by atoms with Crippen molar-refractivity contribution in [1.82, 2.24) is 0 Å². The van der Waals surface area contributed by atoms with Crippen LogP contribution in [0.15, 0.2) is 54.6 Å². The molecule has 152 valence electrons. The van der Waals surface area contributed by atoms with Gasteiger partial charge in [-0.3, -0.25) is 4.55 Å². The zero-order chi connectivity index (χ0) is 21.6. The highest BCUT2D eigenvalue weighted by molar-refractivity contribution is 7.87. The Morgan fingerprint density at radius 1 is 0.759 bits per heavy atom. The highest BCUT2D eigenvalue weighted by atomic mass is 35.5. The average molecular weight is 494 g/mol. The molecule has 3 rings (SSSR count). The van der Waals surface area contributed by atoms with Gasteiger partial charge in [0, 0.05) is 32.3 Å². The predicted octanol–water partition coefficient (Wildman–Crippen LogP) is 5.89. The van der Waals surface area contributed by atoms with Crippen LogP contribution in [0.2, 0.25) is 20.1 Å². The summed E-state index contributed by atoms with van der Waals surface area (Å²) < 4.78 is 34.0. The van der Waals surface area contributed by atoms with Gasteiger partial charge in [0.05, 0.1) is 5.02 Å². The van der Waals surface area contributed by atoms with Crippen LogP contribution in [0.25, 0.3) is 0 Å². The standard InChI is InChI=1S/C19H12Cl4O5S/c20-11-3-1-10(2-4-11)19(29(26,27)28,14-7-12(21)5-6-15(14)22)18-16(23)8-13(24)9-17(18)25/h1-9,24-25H,(H,26,27,28). The molecule has 0 heterocycles. The van der Waals surface area contributed by atoms with Gasteiger partial charge in [-0.1, -0.05) is 58.5 Å². The third-order valence-corrected chi connectivity index (χ3v) is 6.90. The van der Waals surface area contributed by atoms with E-state index < -0.39 is 31.9 Å². The molecule has 5 nitrogen and oxygen atoms in total. The number of rotatable bonds is 4. The summed E-state index contributed by atoms with van der Waals surface area (Å²) >= 11 is 24.6. The van der Waals surface area contributed by atoms with Gasteiger partial charge >= 0.3 is 0 Å². The molecule has 3 aromatic rings. The van der Waals surface area contributed by atoms with E-state index >= 15 is 0 Å². The minimum Gasteiger partial charge on any atom is -0.508 e. The Hall–Kier alpha value is -1.67. The van der Waals surface area contributed by atoms with Crippen LogP contribution >= 0.6 is 46.4 Å². The molecule has 0 aliphatic rings. The van der Waals surface area contributed by atoms with Crippen LogP contribution in [0, 0.1) is 0 Å². The van der Waals surface area contributed by atoms with Crippen molar-refractivity contribution in [3.8, 4) is 11.5 Å². The normalized spacial score (nSPS) is 13.8. The number of halogens is 4. The van der Waals surface area contributed by atoms with Gasteiger partial charge in [-0.25, -0.2) is 0 Å². The Kier molecular flexibility index (Phi) is 5.98. The maximum absolute atomic E-state index is 13.0. The summed E-state index contributed by atoms with van der Waals surface area (Å²) in [6.07, 6.45) is 0. The lowest BCUT2D eigenvalue weighted by molar-refractivity contribution is 0.431. The zero-order valence-corrected chi connectivity index (χ0v) is 18.1. The second-order valence-corrected chi connectivity index (χ2v) is 9.36. The van der Waals surface area contributed by atoms with E-state index in [0.29, 0.717) is 5.02 Å². The molecular weight excluding hydrogens is 482 g/mol. The second-order valence-electron chi connectivity index (χ2n) is 6.11. The number of phenols is 2. The van der Waals surface area contributed by atoms with Gasteiger partial charge < -0.3 is 10.2 Å². The Balaban J connectivity index is 2.63. The lowest BCUT2D eigenvalue weighted by Gasteiger charge is -2.34. The lowest BCUT2D eigenvalue weighted by Crippen LogP contribution is -2.39. The predicted molar refractivity (Wildman–Crippen MR) is 114 cm³/mol. The Bertz CT molecular complexity index is 1170. The fourth-order valence-corrected chi connectivity index (χ4v) is 5.60. The fraction of sp³-hybridized carbons (Fsp3) is 0.0526. The molecule has 0 fully saturated rings. The number of benzene rings is 3. The van der Waals surface area contributed by atoms with Crippen molar-refractivity contribution in [2.24, 2.45) is 0 Å². The molecule has 0 amide bonds. The smallest absolute Gasteiger partial charge is 0.283 e. The molecule has 0 bridgehead atoms. The van der Waals surface area contributed by atoms with E-state index in [1.165, 1.54) is 42.5 Å². The number of hydrogen-bond donors (Lipinski definition) is 3. The molecule has 0 saturated heterocycles. The van der Waals surface area contributed by atoms with E-state index in [1.54, 1.807) is 0 Å². The molecule has 29 heavy (non-hydrogen) atoms. The zero-order valence-electron chi connectivity index (χ0n) is 14.3. The molecule has 3 aromatic carbocycles. The summed E-state index contributed by atoms with van der Waals surface area (Å²) in [6, 6.07) is 11.4. The summed E-state index contributed by atoms with van der Waals surface area (Å²) in [5.74, 6) is -1.09. The quantitative estimate of drug-likeness (QED) is 0.311. The molecule has 1 unspecified atom stereocenters. The van der Waals surface area contributed by atoms with Gasteiger partial charge in [0.2, 0.25) is 0 Å². The van der Waals surface area contributed by atoms with E-state index in [4.69, 9.17) is 46.4 Å². The van der Waals surface area contributed by atoms with Crippen LogP contribution in [0.4, 0.5) is 0 Å². The Labute approximate surface area is 186 Å². The largest absolute Gasteiger partial charge is 0.508 e. The molecule has 0 aliphatic carbocycles. The van der Waals surface area contributed by atoms with Gasteiger partial charge in [-0.15, -0.1) is 0 Å². The molecule has 0 spiro atoms. The van der Waals surface area contributed by atoms with Gasteiger partial charge in [0.25, 0.3) is 10.1 Å². The van der Waals surface area contributed by atoms with Crippen LogP contribution in [0.5, 0.6) is 11.5 Å². The molecule has 0 aliphatic heterocycles. The maximum atomic E-state index is 13.0. The van der Waals surface area contributed by atoms with Crippen LogP contribution in [-0.4, -0.2) is 23.2 Å².